The van der Waals surface area contributed by atoms with Gasteiger partial charge in [0.1, 0.15) is 0 Å². The summed E-state index contributed by atoms with van der Waals surface area (Å²) in [7, 11) is 0. The van der Waals surface area contributed by atoms with Crippen LogP contribution in [0.4, 0.5) is 0 Å². The molecule has 0 aliphatic rings. The maximum Gasteiger partial charge on any atom is 0.0548 e. The van der Waals surface area contributed by atoms with Gasteiger partial charge in [-0.15, -0.1) is 6.58 Å². The Kier molecular flexibility index (Phi) is 4.17. The molecule has 1 atom stereocenters. The Hall–Kier alpha value is -0.310. The van der Waals surface area contributed by atoms with Crippen LogP contribution in [0.25, 0.3) is 0 Å². The minimum atomic E-state index is 0.000988. The molecule has 0 fully saturated rings. The summed E-state index contributed by atoms with van der Waals surface area (Å²) in [5.41, 5.74) is 8.15. The predicted molar refractivity (Wildman–Crippen MR) is 65.5 cm³/mol. The summed E-state index contributed by atoms with van der Waals surface area (Å²) in [6.07, 6.45) is 0.800. The number of halogens is 2. The Morgan fingerprint density at radius 3 is 2.79 bits per heavy atom. The summed E-state index contributed by atoms with van der Waals surface area (Å²) in [5.74, 6) is 0. The van der Waals surface area contributed by atoms with E-state index in [1.54, 1.807) is 0 Å². The molecular weight excluding hydrogens is 261 g/mol. The second kappa shape index (κ2) is 4.96. The molecule has 0 heterocycles. The van der Waals surface area contributed by atoms with Crippen LogP contribution in [0.2, 0.25) is 5.02 Å². The van der Waals surface area contributed by atoms with E-state index in [9.17, 15) is 0 Å². The molecule has 1 unspecified atom stereocenters. The van der Waals surface area contributed by atoms with Gasteiger partial charge in [0.15, 0.2) is 0 Å². The summed E-state index contributed by atoms with van der Waals surface area (Å²) in [4.78, 5) is 0. The van der Waals surface area contributed by atoms with Gasteiger partial charge in [-0.2, -0.15) is 0 Å². The Morgan fingerprint density at radius 2 is 2.29 bits per heavy atom. The van der Waals surface area contributed by atoms with Gasteiger partial charge in [0.2, 0.25) is 0 Å². The molecule has 0 radical (unpaired) electrons. The molecule has 1 aromatic rings. The summed E-state index contributed by atoms with van der Waals surface area (Å²) in [6.45, 7) is 5.82. The Balaban J connectivity index is 2.85. The molecule has 0 saturated carbocycles. The van der Waals surface area contributed by atoms with Gasteiger partial charge < -0.3 is 5.73 Å². The molecule has 0 aromatic heterocycles. The molecule has 2 N–H and O–H groups in total. The van der Waals surface area contributed by atoms with Crippen LogP contribution in [-0.4, -0.2) is 0 Å². The van der Waals surface area contributed by atoms with Crippen LogP contribution in [0.1, 0.15) is 24.9 Å². The van der Waals surface area contributed by atoms with Crippen molar-refractivity contribution in [2.75, 3.05) is 0 Å². The van der Waals surface area contributed by atoms with E-state index in [0.717, 1.165) is 22.0 Å². The third kappa shape index (κ3) is 3.12. The van der Waals surface area contributed by atoms with Crippen molar-refractivity contribution in [1.82, 2.24) is 0 Å². The first kappa shape index (κ1) is 11.8. The predicted octanol–water partition coefficient (Wildman–Crippen LogP) is 4.07. The lowest BCUT2D eigenvalue weighted by Gasteiger charge is -2.12. The highest BCUT2D eigenvalue weighted by Crippen LogP contribution is 2.27. The van der Waals surface area contributed by atoms with Crippen molar-refractivity contribution < 1.29 is 0 Å². The highest BCUT2D eigenvalue weighted by atomic mass is 79.9. The van der Waals surface area contributed by atoms with Gasteiger partial charge in [-0.25, -0.2) is 0 Å². The number of rotatable bonds is 3. The zero-order valence-corrected chi connectivity index (χ0v) is 10.4. The number of hydrogen-bond donors (Lipinski definition) is 1. The summed E-state index contributed by atoms with van der Waals surface area (Å²) in [6, 6.07) is 5.75. The highest BCUT2D eigenvalue weighted by molar-refractivity contribution is 9.10. The molecule has 0 amide bonds. The van der Waals surface area contributed by atoms with Gasteiger partial charge in [-0.1, -0.05) is 23.2 Å². The van der Waals surface area contributed by atoms with Crippen LogP contribution in [0.3, 0.4) is 0 Å². The maximum atomic E-state index is 5.99. The van der Waals surface area contributed by atoms with E-state index < -0.39 is 0 Å². The van der Waals surface area contributed by atoms with Crippen LogP contribution in [0, 0.1) is 0 Å². The van der Waals surface area contributed by atoms with Crippen LogP contribution in [-0.2, 0) is 0 Å². The smallest absolute Gasteiger partial charge is 0.0548 e. The van der Waals surface area contributed by atoms with Crippen LogP contribution in [0.15, 0.2) is 34.8 Å². The van der Waals surface area contributed by atoms with E-state index in [1.165, 1.54) is 0 Å². The van der Waals surface area contributed by atoms with E-state index in [1.807, 2.05) is 25.1 Å². The average Bonchev–Trinajstić information content (AvgIpc) is 2.08. The molecule has 1 nitrogen and oxygen atoms in total. The minimum Gasteiger partial charge on any atom is -0.324 e. The second-order valence-electron chi connectivity index (χ2n) is 3.44. The van der Waals surface area contributed by atoms with Crippen molar-refractivity contribution in [3.05, 3.63) is 45.4 Å². The number of benzene rings is 1. The van der Waals surface area contributed by atoms with Crippen LogP contribution in [0.5, 0.6) is 0 Å². The summed E-state index contributed by atoms with van der Waals surface area (Å²) < 4.78 is 0.883. The van der Waals surface area contributed by atoms with E-state index in [2.05, 4.69) is 22.5 Å². The zero-order valence-electron chi connectivity index (χ0n) is 8.06. The van der Waals surface area contributed by atoms with Gasteiger partial charge in [0.05, 0.1) is 5.02 Å². The maximum absolute atomic E-state index is 5.99. The lowest BCUT2D eigenvalue weighted by atomic mass is 10.0. The third-order valence-electron chi connectivity index (χ3n) is 1.94. The van der Waals surface area contributed by atoms with Crippen LogP contribution < -0.4 is 5.73 Å². The largest absolute Gasteiger partial charge is 0.324 e. The minimum absolute atomic E-state index is 0.000988. The molecule has 0 spiro atoms. The standard InChI is InChI=1S/C11H13BrClN/c1-7(2)5-11(14)8-3-4-10(13)9(12)6-8/h3-4,6,11H,1,5,14H2,2H3. The van der Waals surface area contributed by atoms with Gasteiger partial charge in [-0.05, 0) is 47.0 Å². The molecule has 3 heteroatoms. The quantitative estimate of drug-likeness (QED) is 0.826. The van der Waals surface area contributed by atoms with E-state index in [0.29, 0.717) is 5.02 Å². The second-order valence-corrected chi connectivity index (χ2v) is 4.70. The van der Waals surface area contributed by atoms with Crippen molar-refractivity contribution in [3.63, 3.8) is 0 Å². The molecule has 0 saturated heterocycles. The van der Waals surface area contributed by atoms with Crippen LogP contribution >= 0.6 is 27.5 Å². The first-order valence-electron chi connectivity index (χ1n) is 4.35. The van der Waals surface area contributed by atoms with Gasteiger partial charge in [0, 0.05) is 10.5 Å². The normalized spacial score (nSPS) is 12.6. The Labute approximate surface area is 98.1 Å². The number of hydrogen-bond acceptors (Lipinski definition) is 1. The van der Waals surface area contributed by atoms with Crippen molar-refractivity contribution in [2.45, 2.75) is 19.4 Å². The molecule has 14 heavy (non-hydrogen) atoms. The molecule has 0 aliphatic heterocycles. The molecule has 1 rings (SSSR count). The highest BCUT2D eigenvalue weighted by Gasteiger charge is 2.07. The molecule has 76 valence electrons. The molecule has 1 aromatic carbocycles. The summed E-state index contributed by atoms with van der Waals surface area (Å²) >= 11 is 9.26. The van der Waals surface area contributed by atoms with Crippen molar-refractivity contribution in [2.24, 2.45) is 5.73 Å². The van der Waals surface area contributed by atoms with Crippen molar-refractivity contribution in [1.29, 1.82) is 0 Å². The van der Waals surface area contributed by atoms with Crippen molar-refractivity contribution in [3.8, 4) is 0 Å². The molecule has 0 aliphatic carbocycles. The van der Waals surface area contributed by atoms with Crippen molar-refractivity contribution >= 4 is 27.5 Å². The topological polar surface area (TPSA) is 26.0 Å². The SMILES string of the molecule is C=C(C)CC(N)c1ccc(Cl)c(Br)c1. The lowest BCUT2D eigenvalue weighted by Crippen LogP contribution is -2.10. The summed E-state index contributed by atoms with van der Waals surface area (Å²) in [5, 5.41) is 0.705. The fourth-order valence-corrected chi connectivity index (χ4v) is 1.75. The fraction of sp³-hybridized carbons (Fsp3) is 0.273. The lowest BCUT2D eigenvalue weighted by molar-refractivity contribution is 0.717. The van der Waals surface area contributed by atoms with Gasteiger partial charge in [-0.3, -0.25) is 0 Å². The molecular formula is C11H13BrClN. The number of nitrogens with two attached hydrogens (primary N) is 1. The third-order valence-corrected chi connectivity index (χ3v) is 3.15. The fourth-order valence-electron chi connectivity index (χ4n) is 1.24. The first-order valence-corrected chi connectivity index (χ1v) is 5.52. The van der Waals surface area contributed by atoms with E-state index >= 15 is 0 Å². The van der Waals surface area contributed by atoms with Gasteiger partial charge in [0.25, 0.3) is 0 Å². The molecule has 0 bridgehead atoms. The van der Waals surface area contributed by atoms with E-state index in [-0.39, 0.29) is 6.04 Å². The first-order chi connectivity index (χ1) is 6.50. The monoisotopic (exact) mass is 273 g/mol. The van der Waals surface area contributed by atoms with E-state index in [4.69, 9.17) is 17.3 Å². The Morgan fingerprint density at radius 1 is 1.64 bits per heavy atom. The van der Waals surface area contributed by atoms with Gasteiger partial charge >= 0.3 is 0 Å². The Bertz CT molecular complexity index is 349. The zero-order chi connectivity index (χ0) is 10.7. The average molecular weight is 275 g/mol.